The van der Waals surface area contributed by atoms with E-state index in [1.165, 1.54) is 6.07 Å². The fourth-order valence-corrected chi connectivity index (χ4v) is 5.24. The van der Waals surface area contributed by atoms with E-state index in [0.29, 0.717) is 12.2 Å². The zero-order chi connectivity index (χ0) is 19.4. The standard InChI is InChI=1S/C18H16F4N2O2S/c19-13-4-6-15(7-5-13)27(25,26)24-11-14-2-1-9-23(14)16-8-3-12(10-17(16)24)18(20,21)22/h3-8,10,14H,1-2,9,11H2/t14-/m1/s1. The number of halogens is 4. The van der Waals surface area contributed by atoms with Crippen molar-refractivity contribution in [3.63, 3.8) is 0 Å². The Labute approximate surface area is 154 Å². The van der Waals surface area contributed by atoms with E-state index in [1.54, 1.807) is 0 Å². The first-order valence-electron chi connectivity index (χ1n) is 8.44. The summed E-state index contributed by atoms with van der Waals surface area (Å²) in [7, 11) is -4.12. The number of sulfonamides is 1. The molecule has 1 saturated heterocycles. The molecule has 9 heteroatoms. The average Bonchev–Trinajstić information content (AvgIpc) is 3.09. The second-order valence-corrected chi connectivity index (χ2v) is 8.54. The fraction of sp³-hybridized carbons (Fsp3) is 0.333. The van der Waals surface area contributed by atoms with Gasteiger partial charge in [-0.3, -0.25) is 4.31 Å². The first-order valence-corrected chi connectivity index (χ1v) is 9.88. The minimum Gasteiger partial charge on any atom is -0.365 e. The van der Waals surface area contributed by atoms with Crippen molar-refractivity contribution in [3.05, 3.63) is 53.8 Å². The van der Waals surface area contributed by atoms with Crippen molar-refractivity contribution in [2.75, 3.05) is 22.3 Å². The van der Waals surface area contributed by atoms with Gasteiger partial charge in [0.2, 0.25) is 0 Å². The van der Waals surface area contributed by atoms with Crippen LogP contribution in [0, 0.1) is 5.82 Å². The summed E-state index contributed by atoms with van der Waals surface area (Å²) in [6.45, 7) is 0.738. The summed E-state index contributed by atoms with van der Waals surface area (Å²) in [5.41, 5.74) is -0.423. The molecule has 2 aliphatic heterocycles. The molecule has 1 fully saturated rings. The predicted octanol–water partition coefficient (Wildman–Crippen LogP) is 4.02. The zero-order valence-electron chi connectivity index (χ0n) is 14.1. The van der Waals surface area contributed by atoms with Crippen molar-refractivity contribution in [1.82, 2.24) is 0 Å². The lowest BCUT2D eigenvalue weighted by Gasteiger charge is -2.40. The topological polar surface area (TPSA) is 40.6 Å². The van der Waals surface area contributed by atoms with Crippen LogP contribution in [-0.2, 0) is 16.2 Å². The molecule has 1 atom stereocenters. The van der Waals surface area contributed by atoms with Gasteiger partial charge in [-0.15, -0.1) is 0 Å². The maximum absolute atomic E-state index is 13.2. The lowest BCUT2D eigenvalue weighted by atomic mass is 10.1. The van der Waals surface area contributed by atoms with Crippen molar-refractivity contribution in [2.45, 2.75) is 30.0 Å². The van der Waals surface area contributed by atoms with Gasteiger partial charge in [0, 0.05) is 12.6 Å². The van der Waals surface area contributed by atoms with E-state index in [0.717, 1.165) is 53.5 Å². The Morgan fingerprint density at radius 2 is 1.70 bits per heavy atom. The van der Waals surface area contributed by atoms with Crippen LogP contribution in [-0.4, -0.2) is 27.5 Å². The van der Waals surface area contributed by atoms with Crippen LogP contribution >= 0.6 is 0 Å². The van der Waals surface area contributed by atoms with Crippen molar-refractivity contribution in [3.8, 4) is 0 Å². The fourth-order valence-electron chi connectivity index (χ4n) is 3.74. The molecule has 27 heavy (non-hydrogen) atoms. The molecule has 0 radical (unpaired) electrons. The number of fused-ring (bicyclic) bond motifs is 3. The summed E-state index contributed by atoms with van der Waals surface area (Å²) in [4.78, 5) is 1.81. The molecule has 0 N–H and O–H groups in total. The van der Waals surface area contributed by atoms with E-state index < -0.39 is 27.6 Å². The second-order valence-electron chi connectivity index (χ2n) is 6.68. The van der Waals surface area contributed by atoms with Crippen molar-refractivity contribution in [2.24, 2.45) is 0 Å². The molecule has 0 aromatic heterocycles. The van der Waals surface area contributed by atoms with Crippen molar-refractivity contribution < 1.29 is 26.0 Å². The van der Waals surface area contributed by atoms with Crippen LogP contribution < -0.4 is 9.21 Å². The molecule has 2 aromatic rings. The van der Waals surface area contributed by atoms with Gasteiger partial charge in [-0.25, -0.2) is 12.8 Å². The van der Waals surface area contributed by atoms with Crippen LogP contribution in [0.25, 0.3) is 0 Å². The lowest BCUT2D eigenvalue weighted by molar-refractivity contribution is -0.137. The Kier molecular flexibility index (Phi) is 4.10. The van der Waals surface area contributed by atoms with E-state index >= 15 is 0 Å². The van der Waals surface area contributed by atoms with E-state index in [2.05, 4.69) is 0 Å². The monoisotopic (exact) mass is 400 g/mol. The quantitative estimate of drug-likeness (QED) is 0.715. The minimum absolute atomic E-state index is 0.00676. The van der Waals surface area contributed by atoms with Crippen molar-refractivity contribution in [1.29, 1.82) is 0 Å². The summed E-state index contributed by atoms with van der Waals surface area (Å²) in [6, 6.07) is 7.38. The van der Waals surface area contributed by atoms with Gasteiger partial charge in [0.05, 0.1) is 28.4 Å². The van der Waals surface area contributed by atoms with Crippen LogP contribution in [0.5, 0.6) is 0 Å². The molecule has 0 aliphatic carbocycles. The Morgan fingerprint density at radius 1 is 1.00 bits per heavy atom. The Morgan fingerprint density at radius 3 is 2.37 bits per heavy atom. The third-order valence-corrected chi connectivity index (χ3v) is 6.83. The second kappa shape index (κ2) is 6.12. The van der Waals surface area contributed by atoms with Crippen LogP contribution in [0.4, 0.5) is 28.9 Å². The molecule has 144 valence electrons. The van der Waals surface area contributed by atoms with Gasteiger partial charge in [0.1, 0.15) is 5.82 Å². The molecule has 0 saturated carbocycles. The number of nitrogens with zero attached hydrogens (tertiary/aromatic N) is 2. The van der Waals surface area contributed by atoms with E-state index in [1.807, 2.05) is 4.90 Å². The van der Waals surface area contributed by atoms with E-state index in [4.69, 9.17) is 0 Å². The highest BCUT2D eigenvalue weighted by Crippen LogP contribution is 2.44. The molecule has 0 bridgehead atoms. The molecular formula is C18H16F4N2O2S. The van der Waals surface area contributed by atoms with Crippen LogP contribution in [0.15, 0.2) is 47.4 Å². The van der Waals surface area contributed by atoms with Gasteiger partial charge in [-0.1, -0.05) is 0 Å². The summed E-state index contributed by atoms with van der Waals surface area (Å²) in [5.74, 6) is -0.589. The summed E-state index contributed by atoms with van der Waals surface area (Å²) >= 11 is 0. The average molecular weight is 400 g/mol. The van der Waals surface area contributed by atoms with Crippen molar-refractivity contribution >= 4 is 21.4 Å². The maximum Gasteiger partial charge on any atom is 0.416 e. The molecule has 2 aliphatic rings. The van der Waals surface area contributed by atoms with Gasteiger partial charge < -0.3 is 4.90 Å². The zero-order valence-corrected chi connectivity index (χ0v) is 14.9. The highest BCUT2D eigenvalue weighted by Gasteiger charge is 2.41. The molecule has 0 spiro atoms. The lowest BCUT2D eigenvalue weighted by Crippen LogP contribution is -2.48. The van der Waals surface area contributed by atoms with Gasteiger partial charge in [0.25, 0.3) is 10.0 Å². The minimum atomic E-state index is -4.58. The number of hydrogen-bond acceptors (Lipinski definition) is 3. The van der Waals surface area contributed by atoms with Gasteiger partial charge in [-0.05, 0) is 55.3 Å². The molecule has 0 unspecified atom stereocenters. The number of anilines is 2. The molecule has 2 heterocycles. The number of hydrogen-bond donors (Lipinski definition) is 0. The third-order valence-electron chi connectivity index (χ3n) is 5.04. The first kappa shape index (κ1) is 18.1. The third kappa shape index (κ3) is 3.03. The maximum atomic E-state index is 13.2. The van der Waals surface area contributed by atoms with Crippen LogP contribution in [0.1, 0.15) is 18.4 Å². The summed E-state index contributed by atoms with van der Waals surface area (Å²) in [6.07, 6.45) is -2.98. The first-order chi connectivity index (χ1) is 12.7. The highest BCUT2D eigenvalue weighted by molar-refractivity contribution is 7.92. The molecule has 4 rings (SSSR count). The molecule has 2 aromatic carbocycles. The smallest absolute Gasteiger partial charge is 0.365 e. The predicted molar refractivity (Wildman–Crippen MR) is 92.7 cm³/mol. The van der Waals surface area contributed by atoms with Crippen LogP contribution in [0.3, 0.4) is 0 Å². The number of alkyl halides is 3. The van der Waals surface area contributed by atoms with Gasteiger partial charge in [-0.2, -0.15) is 13.2 Å². The molecule has 0 amide bonds. The Balaban J connectivity index is 1.86. The van der Waals surface area contributed by atoms with E-state index in [9.17, 15) is 26.0 Å². The summed E-state index contributed by atoms with van der Waals surface area (Å²) < 4.78 is 80.0. The SMILES string of the molecule is O=S(=O)(c1ccc(F)cc1)N1C[C@H]2CCCN2c2ccc(C(F)(F)F)cc21. The molecular weight excluding hydrogens is 384 g/mol. The van der Waals surface area contributed by atoms with E-state index in [-0.39, 0.29) is 23.2 Å². The van der Waals surface area contributed by atoms with Crippen LogP contribution in [0.2, 0.25) is 0 Å². The number of rotatable bonds is 2. The van der Waals surface area contributed by atoms with Gasteiger partial charge in [0.15, 0.2) is 0 Å². The van der Waals surface area contributed by atoms with Gasteiger partial charge >= 0.3 is 6.18 Å². The Hall–Kier alpha value is -2.29. The largest absolute Gasteiger partial charge is 0.416 e. The molecule has 4 nitrogen and oxygen atoms in total. The summed E-state index contributed by atoms with van der Waals surface area (Å²) in [5, 5.41) is 0. The normalized spacial score (nSPS) is 19.8. The highest BCUT2D eigenvalue weighted by atomic mass is 32.2. The Bertz CT molecular complexity index is 974. The number of benzene rings is 2.